The van der Waals surface area contributed by atoms with E-state index in [-0.39, 0.29) is 39.5 Å². The van der Waals surface area contributed by atoms with Crippen molar-refractivity contribution in [1.29, 1.82) is 0 Å². The minimum absolute atomic E-state index is 0.00616. The molecule has 7 nitrogen and oxygen atoms in total. The molecule has 0 unspecified atom stereocenters. The monoisotopic (exact) mass is 453 g/mol. The zero-order chi connectivity index (χ0) is 23.5. The topological polar surface area (TPSA) is 113 Å². The standard InChI is InChI=1S/C24H20ClNO6/c1-10-20(29)18(12(3)27)22-19(21(10)30)24(4)16(32-22)9-15(28)17(23(24)31)11(2)26-14-7-5-13(25)6-8-14/h5-9,26,29-30H,1-4H3/b17-11-/t24-/m0/s1. The minimum atomic E-state index is -1.55. The number of carbonyl (C=O) groups excluding carboxylic acids is 3. The summed E-state index contributed by atoms with van der Waals surface area (Å²) in [7, 11) is 0. The molecule has 2 aromatic rings. The second kappa shape index (κ2) is 7.24. The summed E-state index contributed by atoms with van der Waals surface area (Å²) in [6, 6.07) is 6.75. The zero-order valence-corrected chi connectivity index (χ0v) is 18.5. The van der Waals surface area contributed by atoms with Gasteiger partial charge in [-0.3, -0.25) is 14.4 Å². The van der Waals surface area contributed by atoms with Crippen LogP contribution in [-0.2, 0) is 15.0 Å². The van der Waals surface area contributed by atoms with Crippen LogP contribution in [0.1, 0.15) is 42.3 Å². The van der Waals surface area contributed by atoms with Gasteiger partial charge in [-0.15, -0.1) is 0 Å². The number of allylic oxidation sites excluding steroid dienone is 4. The summed E-state index contributed by atoms with van der Waals surface area (Å²) in [5.74, 6) is -2.57. The van der Waals surface area contributed by atoms with Crippen LogP contribution >= 0.6 is 11.6 Å². The molecular formula is C24H20ClNO6. The number of phenols is 2. The lowest BCUT2D eigenvalue weighted by Crippen LogP contribution is -2.40. The Kier molecular flexibility index (Phi) is 4.90. The Morgan fingerprint density at radius 3 is 2.31 bits per heavy atom. The number of rotatable bonds is 3. The predicted molar refractivity (Wildman–Crippen MR) is 118 cm³/mol. The number of fused-ring (bicyclic) bond motifs is 3. The lowest BCUT2D eigenvalue weighted by Gasteiger charge is -2.29. The molecule has 0 saturated heterocycles. The Balaban J connectivity index is 1.91. The summed E-state index contributed by atoms with van der Waals surface area (Å²) in [4.78, 5) is 38.8. The van der Waals surface area contributed by atoms with Gasteiger partial charge in [-0.2, -0.15) is 0 Å². The largest absolute Gasteiger partial charge is 0.507 e. The third-order valence-corrected chi connectivity index (χ3v) is 6.19. The van der Waals surface area contributed by atoms with Gasteiger partial charge in [0, 0.05) is 28.0 Å². The summed E-state index contributed by atoms with van der Waals surface area (Å²) in [5, 5.41) is 24.8. The Labute approximate surface area is 189 Å². The molecule has 8 heteroatoms. The van der Waals surface area contributed by atoms with Crippen molar-refractivity contribution < 1.29 is 29.3 Å². The summed E-state index contributed by atoms with van der Waals surface area (Å²) in [5.41, 5.74) is -0.746. The third-order valence-electron chi connectivity index (χ3n) is 5.94. The van der Waals surface area contributed by atoms with Crippen LogP contribution in [0, 0.1) is 6.92 Å². The van der Waals surface area contributed by atoms with Crippen molar-refractivity contribution in [3.8, 4) is 17.2 Å². The molecular weight excluding hydrogens is 434 g/mol. The van der Waals surface area contributed by atoms with E-state index < -0.39 is 28.5 Å². The van der Waals surface area contributed by atoms with E-state index in [1.165, 1.54) is 26.8 Å². The Morgan fingerprint density at radius 2 is 1.72 bits per heavy atom. The number of anilines is 1. The van der Waals surface area contributed by atoms with Gasteiger partial charge in [0.25, 0.3) is 0 Å². The van der Waals surface area contributed by atoms with E-state index >= 15 is 0 Å². The molecule has 0 spiro atoms. The molecule has 4 rings (SSSR count). The van der Waals surface area contributed by atoms with Crippen LogP contribution in [0.3, 0.4) is 0 Å². The van der Waals surface area contributed by atoms with Crippen LogP contribution in [0.15, 0.2) is 47.4 Å². The van der Waals surface area contributed by atoms with E-state index in [4.69, 9.17) is 16.3 Å². The molecule has 0 aromatic heterocycles. The number of benzene rings is 2. The fourth-order valence-electron chi connectivity index (χ4n) is 4.17. The molecule has 1 aliphatic heterocycles. The smallest absolute Gasteiger partial charge is 0.194 e. The first-order chi connectivity index (χ1) is 15.0. The van der Waals surface area contributed by atoms with E-state index in [2.05, 4.69) is 5.32 Å². The third kappa shape index (κ3) is 2.92. The molecule has 2 aliphatic rings. The van der Waals surface area contributed by atoms with Crippen LogP contribution in [0.25, 0.3) is 0 Å². The number of Topliss-reactive ketones (excluding diaryl/α,β-unsaturated/α-hetero) is 2. The first-order valence-electron chi connectivity index (χ1n) is 9.81. The highest BCUT2D eigenvalue weighted by Crippen LogP contribution is 2.57. The van der Waals surface area contributed by atoms with Gasteiger partial charge in [0.05, 0.1) is 11.1 Å². The number of hydrogen-bond acceptors (Lipinski definition) is 7. The van der Waals surface area contributed by atoms with E-state index in [1.54, 1.807) is 31.2 Å². The van der Waals surface area contributed by atoms with Crippen LogP contribution in [0.5, 0.6) is 17.2 Å². The number of halogens is 1. The van der Waals surface area contributed by atoms with Crippen LogP contribution < -0.4 is 10.1 Å². The highest BCUT2D eigenvalue weighted by molar-refractivity contribution is 6.32. The highest BCUT2D eigenvalue weighted by Gasteiger charge is 2.56. The Hall–Kier alpha value is -3.58. The van der Waals surface area contributed by atoms with E-state index in [0.29, 0.717) is 16.4 Å². The van der Waals surface area contributed by atoms with Gasteiger partial charge in [0.1, 0.15) is 34.0 Å². The fourth-order valence-corrected chi connectivity index (χ4v) is 4.30. The maximum atomic E-state index is 13.7. The van der Waals surface area contributed by atoms with Gasteiger partial charge >= 0.3 is 0 Å². The predicted octanol–water partition coefficient (Wildman–Crippen LogP) is 4.33. The molecule has 1 heterocycles. The summed E-state index contributed by atoms with van der Waals surface area (Å²) in [6.07, 6.45) is 1.18. The molecule has 3 N–H and O–H groups in total. The molecule has 2 aromatic carbocycles. The summed E-state index contributed by atoms with van der Waals surface area (Å²) in [6.45, 7) is 5.80. The van der Waals surface area contributed by atoms with Crippen molar-refractivity contribution in [2.75, 3.05) is 5.32 Å². The highest BCUT2D eigenvalue weighted by atomic mass is 35.5. The average Bonchev–Trinajstić information content (AvgIpc) is 3.01. The fraction of sp³-hybridized carbons (Fsp3) is 0.208. The normalized spacial score (nSPS) is 20.8. The van der Waals surface area contributed by atoms with Gasteiger partial charge in [-0.25, -0.2) is 0 Å². The molecule has 0 saturated carbocycles. The number of ketones is 3. The van der Waals surface area contributed by atoms with E-state index in [9.17, 15) is 24.6 Å². The quantitative estimate of drug-likeness (QED) is 0.360. The number of ether oxygens (including phenoxy) is 1. The molecule has 1 atom stereocenters. The molecule has 0 radical (unpaired) electrons. The van der Waals surface area contributed by atoms with Gasteiger partial charge in [-0.05, 0) is 52.0 Å². The number of aromatic hydroxyl groups is 2. The molecule has 164 valence electrons. The summed E-state index contributed by atoms with van der Waals surface area (Å²) >= 11 is 5.91. The van der Waals surface area contributed by atoms with Gasteiger partial charge < -0.3 is 20.3 Å². The zero-order valence-electron chi connectivity index (χ0n) is 17.8. The SMILES string of the molecule is CC(=O)c1c(O)c(C)c(O)c2c1OC1=CC(=O)/C(=C(\C)Nc3ccc(Cl)cc3)C(=O)[C@@]12C. The van der Waals surface area contributed by atoms with Crippen molar-refractivity contribution in [2.24, 2.45) is 0 Å². The number of hydrogen-bond donors (Lipinski definition) is 3. The molecule has 0 bridgehead atoms. The van der Waals surface area contributed by atoms with E-state index in [1.807, 2.05) is 0 Å². The Morgan fingerprint density at radius 1 is 1.09 bits per heavy atom. The first kappa shape index (κ1) is 21.6. The van der Waals surface area contributed by atoms with Crippen LogP contribution in [0.2, 0.25) is 5.02 Å². The lowest BCUT2D eigenvalue weighted by atomic mass is 9.70. The van der Waals surface area contributed by atoms with Gasteiger partial charge in [-0.1, -0.05) is 11.6 Å². The minimum Gasteiger partial charge on any atom is -0.507 e. The van der Waals surface area contributed by atoms with Gasteiger partial charge in [0.2, 0.25) is 0 Å². The molecule has 32 heavy (non-hydrogen) atoms. The number of phenolic OH excluding ortho intramolecular Hbond substituents is 2. The van der Waals surface area contributed by atoms with Crippen molar-refractivity contribution in [1.82, 2.24) is 0 Å². The van der Waals surface area contributed by atoms with Crippen molar-refractivity contribution in [3.05, 3.63) is 69.1 Å². The number of nitrogens with one attached hydrogen (secondary N) is 1. The van der Waals surface area contributed by atoms with E-state index in [0.717, 1.165) is 0 Å². The van der Waals surface area contributed by atoms with Crippen molar-refractivity contribution in [3.63, 3.8) is 0 Å². The second-order valence-corrected chi connectivity index (χ2v) is 8.45. The first-order valence-corrected chi connectivity index (χ1v) is 10.2. The van der Waals surface area contributed by atoms with Crippen molar-refractivity contribution in [2.45, 2.75) is 33.1 Å². The van der Waals surface area contributed by atoms with Gasteiger partial charge in [0.15, 0.2) is 17.3 Å². The Bertz CT molecular complexity index is 1290. The lowest BCUT2D eigenvalue weighted by molar-refractivity contribution is -0.123. The number of carbonyl (C=O) groups is 3. The van der Waals surface area contributed by atoms with Crippen molar-refractivity contribution >= 4 is 34.6 Å². The summed E-state index contributed by atoms with van der Waals surface area (Å²) < 4.78 is 5.74. The van der Waals surface area contributed by atoms with Crippen LogP contribution in [0.4, 0.5) is 5.69 Å². The molecule has 1 aliphatic carbocycles. The second-order valence-electron chi connectivity index (χ2n) is 8.02. The maximum Gasteiger partial charge on any atom is 0.194 e. The van der Waals surface area contributed by atoms with Crippen LogP contribution in [-0.4, -0.2) is 27.6 Å². The average molecular weight is 454 g/mol. The molecule has 0 fully saturated rings. The molecule has 0 amide bonds. The maximum absolute atomic E-state index is 13.7.